The fourth-order valence-corrected chi connectivity index (χ4v) is 2.41. The highest BCUT2D eigenvalue weighted by atomic mass is 16.4. The number of carboxylic acid groups (broad SMARTS) is 1. The molecule has 1 saturated heterocycles. The maximum absolute atomic E-state index is 12.4. The number of aliphatic carboxylic acids is 1. The number of carboxylic acids is 1. The van der Waals surface area contributed by atoms with E-state index in [2.05, 4.69) is 6.92 Å². The first-order valence-electron chi connectivity index (χ1n) is 6.73. The largest absolute Gasteiger partial charge is 0.480 e. The summed E-state index contributed by atoms with van der Waals surface area (Å²) >= 11 is 0. The van der Waals surface area contributed by atoms with E-state index < -0.39 is 5.97 Å². The van der Waals surface area contributed by atoms with E-state index in [9.17, 15) is 9.59 Å². The number of likely N-dealkylation sites (tertiary alicyclic amines) is 1. The average molecular weight is 256 g/mol. The Morgan fingerprint density at radius 2 is 2.00 bits per heavy atom. The summed E-state index contributed by atoms with van der Waals surface area (Å²) in [5.41, 5.74) is 0. The van der Waals surface area contributed by atoms with Gasteiger partial charge in [-0.15, -0.1) is 0 Å². The molecule has 2 amide bonds. The standard InChI is InChI=1S/C13H24N2O3/c1-4-7-14(9-12(16)17)13(18)15-8-10(2)5-6-11(15)3/h10-11H,4-9H2,1-3H3,(H,16,17). The molecule has 1 aliphatic rings. The Labute approximate surface area is 109 Å². The fraction of sp³-hybridized carbons (Fsp3) is 0.846. The minimum atomic E-state index is -0.950. The number of piperidine rings is 1. The van der Waals surface area contributed by atoms with E-state index in [1.165, 1.54) is 4.90 Å². The second-order valence-corrected chi connectivity index (χ2v) is 5.28. The van der Waals surface area contributed by atoms with Crippen molar-refractivity contribution >= 4 is 12.0 Å². The van der Waals surface area contributed by atoms with Crippen LogP contribution in [-0.4, -0.2) is 52.6 Å². The lowest BCUT2D eigenvalue weighted by Crippen LogP contribution is -2.52. The third kappa shape index (κ3) is 3.89. The number of hydrogen-bond acceptors (Lipinski definition) is 2. The number of carbonyl (C=O) groups excluding carboxylic acids is 1. The van der Waals surface area contributed by atoms with Gasteiger partial charge in [0.25, 0.3) is 0 Å². The Morgan fingerprint density at radius 1 is 1.33 bits per heavy atom. The summed E-state index contributed by atoms with van der Waals surface area (Å²) in [6, 6.07) is 0.0835. The molecule has 1 aliphatic heterocycles. The van der Waals surface area contributed by atoms with Gasteiger partial charge in [-0.25, -0.2) is 4.79 Å². The normalized spacial score (nSPS) is 23.8. The Kier molecular flexibility index (Phi) is 5.44. The van der Waals surface area contributed by atoms with Crippen molar-refractivity contribution in [2.24, 2.45) is 5.92 Å². The summed E-state index contributed by atoms with van der Waals surface area (Å²) in [7, 11) is 0. The van der Waals surface area contributed by atoms with Crippen LogP contribution in [-0.2, 0) is 4.79 Å². The number of hydrogen-bond donors (Lipinski definition) is 1. The van der Waals surface area contributed by atoms with Gasteiger partial charge in [0.05, 0.1) is 0 Å². The molecule has 0 aromatic heterocycles. The average Bonchev–Trinajstić information content (AvgIpc) is 2.30. The molecule has 0 aromatic rings. The predicted octanol–water partition coefficient (Wildman–Crippen LogP) is 2.02. The zero-order chi connectivity index (χ0) is 13.7. The lowest BCUT2D eigenvalue weighted by Gasteiger charge is -2.39. The van der Waals surface area contributed by atoms with Crippen molar-refractivity contribution < 1.29 is 14.7 Å². The molecule has 5 nitrogen and oxygen atoms in total. The van der Waals surface area contributed by atoms with Crippen LogP contribution in [0.15, 0.2) is 0 Å². The van der Waals surface area contributed by atoms with Gasteiger partial charge in [-0.3, -0.25) is 4.79 Å². The van der Waals surface area contributed by atoms with Crippen LogP contribution in [0, 0.1) is 5.92 Å². The smallest absolute Gasteiger partial charge is 0.323 e. The van der Waals surface area contributed by atoms with E-state index in [4.69, 9.17) is 5.11 Å². The zero-order valence-corrected chi connectivity index (χ0v) is 11.6. The van der Waals surface area contributed by atoms with E-state index in [1.54, 1.807) is 0 Å². The van der Waals surface area contributed by atoms with Gasteiger partial charge in [0.1, 0.15) is 6.54 Å². The van der Waals surface area contributed by atoms with Gasteiger partial charge in [0.15, 0.2) is 0 Å². The predicted molar refractivity (Wildman–Crippen MR) is 69.5 cm³/mol. The molecule has 0 saturated carbocycles. The van der Waals surface area contributed by atoms with Crippen molar-refractivity contribution in [3.63, 3.8) is 0 Å². The highest BCUT2D eigenvalue weighted by Gasteiger charge is 2.30. The molecule has 2 unspecified atom stereocenters. The maximum Gasteiger partial charge on any atom is 0.323 e. The topological polar surface area (TPSA) is 60.9 Å². The van der Waals surface area contributed by atoms with Gasteiger partial charge in [0, 0.05) is 19.1 Å². The summed E-state index contributed by atoms with van der Waals surface area (Å²) in [5, 5.41) is 8.86. The molecular formula is C13H24N2O3. The SMILES string of the molecule is CCCN(CC(=O)O)C(=O)N1CC(C)CCC1C. The third-order valence-electron chi connectivity index (χ3n) is 3.45. The molecule has 1 heterocycles. The number of nitrogens with zero attached hydrogens (tertiary/aromatic N) is 2. The second-order valence-electron chi connectivity index (χ2n) is 5.28. The van der Waals surface area contributed by atoms with Crippen LogP contribution in [0.3, 0.4) is 0 Å². The van der Waals surface area contributed by atoms with E-state index in [0.29, 0.717) is 12.5 Å². The second kappa shape index (κ2) is 6.61. The number of rotatable bonds is 4. The van der Waals surface area contributed by atoms with Crippen molar-refractivity contribution in [3.05, 3.63) is 0 Å². The molecule has 5 heteroatoms. The highest BCUT2D eigenvalue weighted by Crippen LogP contribution is 2.22. The molecule has 0 spiro atoms. The third-order valence-corrected chi connectivity index (χ3v) is 3.45. The minimum Gasteiger partial charge on any atom is -0.480 e. The van der Waals surface area contributed by atoms with Crippen LogP contribution in [0.25, 0.3) is 0 Å². The van der Waals surface area contributed by atoms with Crippen LogP contribution < -0.4 is 0 Å². The first-order valence-corrected chi connectivity index (χ1v) is 6.73. The molecule has 1 fully saturated rings. The summed E-state index contributed by atoms with van der Waals surface area (Å²) < 4.78 is 0. The Bertz CT molecular complexity index is 307. The molecule has 0 bridgehead atoms. The lowest BCUT2D eigenvalue weighted by molar-refractivity contribution is -0.137. The first-order chi connectivity index (χ1) is 8.45. The van der Waals surface area contributed by atoms with E-state index >= 15 is 0 Å². The van der Waals surface area contributed by atoms with Gasteiger partial charge in [-0.1, -0.05) is 13.8 Å². The molecule has 104 valence electrons. The molecule has 0 radical (unpaired) electrons. The van der Waals surface area contributed by atoms with Crippen molar-refractivity contribution in [3.8, 4) is 0 Å². The van der Waals surface area contributed by atoms with Gasteiger partial charge < -0.3 is 14.9 Å². The quantitative estimate of drug-likeness (QED) is 0.837. The van der Waals surface area contributed by atoms with Crippen LogP contribution in [0.1, 0.15) is 40.0 Å². The van der Waals surface area contributed by atoms with Crippen LogP contribution in [0.5, 0.6) is 0 Å². The molecule has 2 atom stereocenters. The van der Waals surface area contributed by atoms with E-state index in [0.717, 1.165) is 25.8 Å². The number of amides is 2. The Balaban J connectivity index is 2.70. The number of urea groups is 1. The molecule has 1 N–H and O–H groups in total. The van der Waals surface area contributed by atoms with Gasteiger partial charge in [0.2, 0.25) is 0 Å². The van der Waals surface area contributed by atoms with Crippen molar-refractivity contribution in [1.82, 2.24) is 9.80 Å². The fourth-order valence-electron chi connectivity index (χ4n) is 2.41. The summed E-state index contributed by atoms with van der Waals surface area (Å²) in [6.07, 6.45) is 2.91. The van der Waals surface area contributed by atoms with Crippen molar-refractivity contribution in [1.29, 1.82) is 0 Å². The summed E-state index contributed by atoms with van der Waals surface area (Å²) in [5.74, 6) is -0.451. The first kappa shape index (κ1) is 14.8. The molecule has 0 aliphatic carbocycles. The van der Waals surface area contributed by atoms with Gasteiger partial charge in [-0.05, 0) is 32.1 Å². The van der Waals surface area contributed by atoms with Crippen molar-refractivity contribution in [2.75, 3.05) is 19.6 Å². The number of carbonyl (C=O) groups is 2. The van der Waals surface area contributed by atoms with Crippen LogP contribution in [0.2, 0.25) is 0 Å². The molecule has 1 rings (SSSR count). The van der Waals surface area contributed by atoms with Gasteiger partial charge in [-0.2, -0.15) is 0 Å². The Morgan fingerprint density at radius 3 is 2.56 bits per heavy atom. The Hall–Kier alpha value is -1.26. The monoisotopic (exact) mass is 256 g/mol. The van der Waals surface area contributed by atoms with Gasteiger partial charge >= 0.3 is 12.0 Å². The van der Waals surface area contributed by atoms with Crippen molar-refractivity contribution in [2.45, 2.75) is 46.1 Å². The highest BCUT2D eigenvalue weighted by molar-refractivity contribution is 5.80. The van der Waals surface area contributed by atoms with E-state index in [-0.39, 0.29) is 18.6 Å². The molecule has 18 heavy (non-hydrogen) atoms. The summed E-state index contributed by atoms with van der Waals surface area (Å²) in [4.78, 5) is 26.4. The van der Waals surface area contributed by atoms with Crippen LogP contribution >= 0.6 is 0 Å². The van der Waals surface area contributed by atoms with E-state index in [1.807, 2.05) is 18.7 Å². The molecule has 0 aromatic carbocycles. The summed E-state index contributed by atoms with van der Waals surface area (Å²) in [6.45, 7) is 7.15. The lowest BCUT2D eigenvalue weighted by atomic mass is 9.95. The zero-order valence-electron chi connectivity index (χ0n) is 11.6. The maximum atomic E-state index is 12.4. The minimum absolute atomic E-state index is 0.127. The molecular weight excluding hydrogens is 232 g/mol. The van der Waals surface area contributed by atoms with Crippen LogP contribution in [0.4, 0.5) is 4.79 Å².